The molecule has 2 aromatic carbocycles. The number of carboxylic acids is 1. The molecule has 7 heteroatoms. The highest BCUT2D eigenvalue weighted by Crippen LogP contribution is 2.38. The monoisotopic (exact) mass is 469 g/mol. The van der Waals surface area contributed by atoms with Gasteiger partial charge in [-0.15, -0.1) is 0 Å². The van der Waals surface area contributed by atoms with Crippen molar-refractivity contribution in [2.75, 3.05) is 6.54 Å². The van der Waals surface area contributed by atoms with Gasteiger partial charge in [0.1, 0.15) is 0 Å². The van der Waals surface area contributed by atoms with Gasteiger partial charge >= 0.3 is 5.97 Å². The molecule has 2 aromatic rings. The van der Waals surface area contributed by atoms with E-state index in [-0.39, 0.29) is 25.0 Å². The minimum absolute atomic E-state index is 0.00942. The number of carbonyl (C=O) groups excluding carboxylic acids is 2. The maximum Gasteiger partial charge on any atom is 0.303 e. The molecule has 0 unspecified atom stereocenters. The van der Waals surface area contributed by atoms with E-state index in [0.29, 0.717) is 5.56 Å². The molecule has 0 saturated heterocycles. The number of carboxylic acid groups (broad SMARTS) is 1. The smallest absolute Gasteiger partial charge is 0.303 e. The van der Waals surface area contributed by atoms with Crippen LogP contribution >= 0.6 is 15.9 Å². The summed E-state index contributed by atoms with van der Waals surface area (Å²) >= 11 is 3.36. The molecule has 0 fully saturated rings. The number of carbonyl (C=O) groups is 3. The summed E-state index contributed by atoms with van der Waals surface area (Å²) in [5.41, 5.74) is 1.46. The van der Waals surface area contributed by atoms with Gasteiger partial charge in [-0.1, -0.05) is 64.5 Å². The molecule has 1 aliphatic heterocycles. The zero-order valence-corrected chi connectivity index (χ0v) is 17.6. The molecule has 3 rings (SSSR count). The Balaban J connectivity index is 1.94. The highest BCUT2D eigenvalue weighted by molar-refractivity contribution is 9.10. The summed E-state index contributed by atoms with van der Waals surface area (Å²) in [6, 6.07) is 15.5. The number of halogens is 1. The molecular formula is C23H20BrNO5. The summed E-state index contributed by atoms with van der Waals surface area (Å²) in [7, 11) is 0. The summed E-state index contributed by atoms with van der Waals surface area (Å²) in [6.45, 7) is 0.106. The molecule has 6 nitrogen and oxygen atoms in total. The first-order valence-corrected chi connectivity index (χ1v) is 10.2. The van der Waals surface area contributed by atoms with Crippen molar-refractivity contribution in [2.45, 2.75) is 18.9 Å². The molecule has 0 spiro atoms. The SMILES string of the molecule is O=C(O)CCCN1C(=O)C(O)=C(C(=O)/C=C/c2ccccc2)[C@H]1c1ccc(Br)cc1. The topological polar surface area (TPSA) is 94.9 Å². The van der Waals surface area contributed by atoms with E-state index in [1.54, 1.807) is 30.3 Å². The molecule has 1 atom stereocenters. The standard InChI is InChI=1S/C23H20BrNO5/c24-17-11-9-16(10-12-17)21-20(18(26)13-8-15-5-2-1-3-6-15)22(29)23(30)25(21)14-4-7-19(27)28/h1-3,5-6,8-13,21,29H,4,7,14H2,(H,27,28)/b13-8+/t21-/m1/s1. The van der Waals surface area contributed by atoms with E-state index >= 15 is 0 Å². The number of aliphatic carboxylic acids is 1. The van der Waals surface area contributed by atoms with Gasteiger partial charge in [0, 0.05) is 17.4 Å². The lowest BCUT2D eigenvalue weighted by Crippen LogP contribution is -2.32. The molecule has 2 N–H and O–H groups in total. The van der Waals surface area contributed by atoms with Crippen LogP contribution in [0.2, 0.25) is 0 Å². The van der Waals surface area contributed by atoms with Crippen LogP contribution in [0.5, 0.6) is 0 Å². The van der Waals surface area contributed by atoms with Crippen molar-refractivity contribution in [3.05, 3.63) is 87.6 Å². The van der Waals surface area contributed by atoms with E-state index in [2.05, 4.69) is 15.9 Å². The number of allylic oxidation sites excluding steroid dienone is 1. The van der Waals surface area contributed by atoms with Crippen LogP contribution in [0.3, 0.4) is 0 Å². The van der Waals surface area contributed by atoms with Crippen LogP contribution in [0.15, 0.2) is 76.5 Å². The predicted molar refractivity (Wildman–Crippen MR) is 116 cm³/mol. The van der Waals surface area contributed by atoms with Crippen LogP contribution in [-0.4, -0.2) is 39.3 Å². The normalized spacial score (nSPS) is 16.5. The van der Waals surface area contributed by atoms with Gasteiger partial charge < -0.3 is 15.1 Å². The van der Waals surface area contributed by atoms with E-state index in [0.717, 1.165) is 10.0 Å². The number of ketones is 1. The van der Waals surface area contributed by atoms with E-state index in [9.17, 15) is 19.5 Å². The Morgan fingerprint density at radius 3 is 2.37 bits per heavy atom. The van der Waals surface area contributed by atoms with Crippen LogP contribution in [0.25, 0.3) is 6.08 Å². The summed E-state index contributed by atoms with van der Waals surface area (Å²) in [5, 5.41) is 19.4. The van der Waals surface area contributed by atoms with Gasteiger partial charge in [0.05, 0.1) is 11.6 Å². The fourth-order valence-electron chi connectivity index (χ4n) is 3.35. The fraction of sp³-hybridized carbons (Fsp3) is 0.174. The third kappa shape index (κ3) is 4.86. The Hall–Kier alpha value is -3.19. The van der Waals surface area contributed by atoms with Gasteiger partial charge in [0.15, 0.2) is 11.5 Å². The molecule has 154 valence electrons. The molecule has 0 saturated carbocycles. The van der Waals surface area contributed by atoms with Crippen molar-refractivity contribution < 1.29 is 24.6 Å². The number of benzene rings is 2. The lowest BCUT2D eigenvalue weighted by molar-refractivity contribution is -0.138. The molecular weight excluding hydrogens is 450 g/mol. The molecule has 1 amide bonds. The van der Waals surface area contributed by atoms with Crippen molar-refractivity contribution >= 4 is 39.7 Å². The van der Waals surface area contributed by atoms with Gasteiger partial charge in [-0.05, 0) is 35.8 Å². The Labute approximate surface area is 182 Å². The van der Waals surface area contributed by atoms with Crippen LogP contribution in [0.4, 0.5) is 0 Å². The Morgan fingerprint density at radius 2 is 1.73 bits per heavy atom. The minimum Gasteiger partial charge on any atom is -0.503 e. The zero-order chi connectivity index (χ0) is 21.7. The van der Waals surface area contributed by atoms with E-state index < -0.39 is 29.5 Å². The lowest BCUT2D eigenvalue weighted by Gasteiger charge is -2.26. The number of nitrogens with zero attached hydrogens (tertiary/aromatic N) is 1. The van der Waals surface area contributed by atoms with Gasteiger partial charge in [0.25, 0.3) is 5.91 Å². The molecule has 0 aromatic heterocycles. The van der Waals surface area contributed by atoms with Crippen molar-refractivity contribution in [1.82, 2.24) is 4.90 Å². The van der Waals surface area contributed by atoms with Crippen molar-refractivity contribution in [1.29, 1.82) is 0 Å². The highest BCUT2D eigenvalue weighted by atomic mass is 79.9. The van der Waals surface area contributed by atoms with Crippen LogP contribution < -0.4 is 0 Å². The third-order valence-electron chi connectivity index (χ3n) is 4.77. The zero-order valence-electron chi connectivity index (χ0n) is 16.0. The van der Waals surface area contributed by atoms with Crippen LogP contribution in [0, 0.1) is 0 Å². The van der Waals surface area contributed by atoms with Crippen molar-refractivity contribution in [3.8, 4) is 0 Å². The minimum atomic E-state index is -0.971. The van der Waals surface area contributed by atoms with Crippen LogP contribution in [0.1, 0.15) is 30.0 Å². The van der Waals surface area contributed by atoms with E-state index in [4.69, 9.17) is 5.11 Å². The molecule has 1 heterocycles. The predicted octanol–water partition coefficient (Wildman–Crippen LogP) is 4.29. The second-order valence-electron chi connectivity index (χ2n) is 6.82. The van der Waals surface area contributed by atoms with E-state index in [1.165, 1.54) is 11.0 Å². The first-order valence-electron chi connectivity index (χ1n) is 9.37. The third-order valence-corrected chi connectivity index (χ3v) is 5.30. The largest absolute Gasteiger partial charge is 0.503 e. The van der Waals surface area contributed by atoms with Crippen molar-refractivity contribution in [2.24, 2.45) is 0 Å². The van der Waals surface area contributed by atoms with Gasteiger partial charge in [-0.2, -0.15) is 0 Å². The molecule has 0 bridgehead atoms. The highest BCUT2D eigenvalue weighted by Gasteiger charge is 2.42. The Bertz CT molecular complexity index is 1010. The number of hydrogen-bond donors (Lipinski definition) is 2. The van der Waals surface area contributed by atoms with Gasteiger partial charge in [-0.3, -0.25) is 14.4 Å². The summed E-state index contributed by atoms with van der Waals surface area (Å²) < 4.78 is 0.832. The molecule has 1 aliphatic rings. The quantitative estimate of drug-likeness (QED) is 0.562. The van der Waals surface area contributed by atoms with Crippen LogP contribution in [-0.2, 0) is 14.4 Å². The Kier molecular flexibility index (Phi) is 6.84. The summed E-state index contributed by atoms with van der Waals surface area (Å²) in [5.74, 6) is -2.72. The van der Waals surface area contributed by atoms with E-state index in [1.807, 2.05) is 30.3 Å². The molecule has 30 heavy (non-hydrogen) atoms. The van der Waals surface area contributed by atoms with Crippen molar-refractivity contribution in [3.63, 3.8) is 0 Å². The van der Waals surface area contributed by atoms with Gasteiger partial charge in [0.2, 0.25) is 0 Å². The first-order chi connectivity index (χ1) is 14.4. The average Bonchev–Trinajstić information content (AvgIpc) is 2.98. The maximum atomic E-state index is 13.0. The number of hydrogen-bond acceptors (Lipinski definition) is 4. The molecule has 0 radical (unpaired) electrons. The summed E-state index contributed by atoms with van der Waals surface area (Å²) in [4.78, 5) is 37.9. The maximum absolute atomic E-state index is 13.0. The second-order valence-corrected chi connectivity index (χ2v) is 7.74. The molecule has 0 aliphatic carbocycles. The number of amides is 1. The Morgan fingerprint density at radius 1 is 1.07 bits per heavy atom. The summed E-state index contributed by atoms with van der Waals surface area (Å²) in [6.07, 6.45) is 3.05. The first kappa shape index (κ1) is 21.5. The number of aliphatic hydroxyl groups excluding tert-OH is 1. The fourth-order valence-corrected chi connectivity index (χ4v) is 3.62. The average molecular weight is 470 g/mol. The lowest BCUT2D eigenvalue weighted by atomic mass is 9.95. The number of rotatable bonds is 8. The van der Waals surface area contributed by atoms with Gasteiger partial charge in [-0.25, -0.2) is 0 Å². The second kappa shape index (κ2) is 9.54. The number of aliphatic hydroxyl groups is 1.